The summed E-state index contributed by atoms with van der Waals surface area (Å²) >= 11 is 0. The number of hydrogen-bond donors (Lipinski definition) is 1. The molecule has 0 aromatic carbocycles. The molecule has 126 valence electrons. The maximum Gasteiger partial charge on any atom is 0.294 e. The van der Waals surface area contributed by atoms with Gasteiger partial charge in [0.1, 0.15) is 6.10 Å². The maximum atomic E-state index is 10.9. The number of hydrogen-bond acceptors (Lipinski definition) is 4. The Morgan fingerprint density at radius 2 is 1.50 bits per heavy atom. The summed E-state index contributed by atoms with van der Waals surface area (Å²) < 4.78 is 0. The summed E-state index contributed by atoms with van der Waals surface area (Å²) in [7, 11) is 0. The fourth-order valence-corrected chi connectivity index (χ4v) is 7.02. The topological polar surface area (TPSA) is 78.4 Å². The summed E-state index contributed by atoms with van der Waals surface area (Å²) in [5.41, 5.74) is 6.99. The Kier molecular flexibility index (Phi) is 3.52. The second kappa shape index (κ2) is 4.83. The highest BCUT2D eigenvalue weighted by Gasteiger charge is 2.68. The van der Waals surface area contributed by atoms with E-state index in [-0.39, 0.29) is 16.9 Å². The third-order valence-corrected chi connectivity index (χ3v) is 7.47. The van der Waals surface area contributed by atoms with E-state index in [2.05, 4.69) is 13.8 Å². The Bertz CT molecular complexity index is 420. The molecule has 3 unspecified atom stereocenters. The van der Waals surface area contributed by atoms with E-state index in [1.165, 1.54) is 19.3 Å². The molecule has 4 fully saturated rings. The van der Waals surface area contributed by atoms with E-state index in [1.807, 2.05) is 6.92 Å². The van der Waals surface area contributed by atoms with E-state index in [0.717, 1.165) is 32.1 Å². The lowest BCUT2D eigenvalue weighted by molar-refractivity contribution is -0.772. The van der Waals surface area contributed by atoms with Crippen molar-refractivity contribution in [1.82, 2.24) is 0 Å². The second-order valence-corrected chi connectivity index (χ2v) is 8.81. The monoisotopic (exact) mass is 310 g/mol. The molecule has 0 aliphatic heterocycles. The van der Waals surface area contributed by atoms with Crippen molar-refractivity contribution in [1.29, 1.82) is 0 Å². The van der Waals surface area contributed by atoms with Gasteiger partial charge in [0, 0.05) is 0 Å². The van der Waals surface area contributed by atoms with Gasteiger partial charge in [0.05, 0.1) is 0 Å². The van der Waals surface area contributed by atoms with Crippen LogP contribution in [0.3, 0.4) is 0 Å². The first-order valence-electron chi connectivity index (χ1n) is 8.78. The molecule has 4 bridgehead atoms. The van der Waals surface area contributed by atoms with E-state index < -0.39 is 5.09 Å². The van der Waals surface area contributed by atoms with E-state index in [9.17, 15) is 10.1 Å². The van der Waals surface area contributed by atoms with Gasteiger partial charge in [-0.05, 0) is 73.7 Å². The van der Waals surface area contributed by atoms with Crippen molar-refractivity contribution in [3.63, 3.8) is 0 Å². The third-order valence-electron chi connectivity index (χ3n) is 7.47. The van der Waals surface area contributed by atoms with Crippen LogP contribution in [0.5, 0.6) is 0 Å². The van der Waals surface area contributed by atoms with Crippen molar-refractivity contribution in [3.05, 3.63) is 10.1 Å². The van der Waals surface area contributed by atoms with Crippen LogP contribution in [0.1, 0.15) is 72.1 Å². The van der Waals surface area contributed by atoms with Crippen LogP contribution < -0.4 is 5.73 Å². The van der Waals surface area contributed by atoms with E-state index in [4.69, 9.17) is 10.6 Å². The first-order chi connectivity index (χ1) is 10.3. The van der Waals surface area contributed by atoms with E-state index >= 15 is 0 Å². The van der Waals surface area contributed by atoms with Gasteiger partial charge in [0.2, 0.25) is 0 Å². The van der Waals surface area contributed by atoms with Gasteiger partial charge in [-0.15, -0.1) is 10.1 Å². The summed E-state index contributed by atoms with van der Waals surface area (Å²) in [6.45, 7) is 7.19. The minimum absolute atomic E-state index is 0.0623. The maximum absolute atomic E-state index is 10.9. The fourth-order valence-electron chi connectivity index (χ4n) is 7.02. The fraction of sp³-hybridized carbons (Fsp3) is 1.00. The van der Waals surface area contributed by atoms with Crippen LogP contribution in [0.15, 0.2) is 0 Å². The first-order valence-corrected chi connectivity index (χ1v) is 8.78. The molecule has 0 amide bonds. The molecule has 4 aliphatic rings. The summed E-state index contributed by atoms with van der Waals surface area (Å²) in [6.07, 6.45) is 8.85. The number of nitrogens with zero attached hydrogens (tertiary/aromatic N) is 1. The van der Waals surface area contributed by atoms with Gasteiger partial charge >= 0.3 is 0 Å². The van der Waals surface area contributed by atoms with Crippen LogP contribution in [0.4, 0.5) is 0 Å². The Balaban J connectivity index is 2.03. The van der Waals surface area contributed by atoms with Gasteiger partial charge in [-0.2, -0.15) is 0 Å². The molecule has 0 saturated heterocycles. The number of nitrogens with two attached hydrogens (primary N) is 1. The van der Waals surface area contributed by atoms with Crippen LogP contribution >= 0.6 is 0 Å². The molecular formula is C17H30N2O3. The second-order valence-electron chi connectivity index (χ2n) is 8.81. The molecule has 5 nitrogen and oxygen atoms in total. The van der Waals surface area contributed by atoms with Gasteiger partial charge in [-0.3, -0.25) is 0 Å². The van der Waals surface area contributed by atoms with Crippen molar-refractivity contribution >= 4 is 0 Å². The summed E-state index contributed by atoms with van der Waals surface area (Å²) in [5, 5.41) is 10.3. The molecule has 0 radical (unpaired) electrons. The van der Waals surface area contributed by atoms with Gasteiger partial charge in [-0.1, -0.05) is 26.7 Å². The standard InChI is InChI=1S/C17H30N2O3/c1-4-14-6-15(5-2)8-16(7-14,12-18)11-17(9-14,10-15)13(3)22-19(20)21/h13H,4-12,18H2,1-3H3. The van der Waals surface area contributed by atoms with E-state index in [0.29, 0.717) is 17.4 Å². The summed E-state index contributed by atoms with van der Waals surface area (Å²) in [6, 6.07) is 0. The van der Waals surface area contributed by atoms with Crippen LogP contribution in [0, 0.1) is 31.8 Å². The quantitative estimate of drug-likeness (QED) is 0.599. The van der Waals surface area contributed by atoms with Gasteiger partial charge in [0.25, 0.3) is 5.09 Å². The van der Waals surface area contributed by atoms with Crippen molar-refractivity contribution in [2.24, 2.45) is 27.4 Å². The molecule has 5 heteroatoms. The zero-order chi connectivity index (χ0) is 16.2. The molecule has 4 aliphatic carbocycles. The largest absolute Gasteiger partial charge is 0.330 e. The highest BCUT2D eigenvalue weighted by molar-refractivity contribution is 5.18. The molecular weight excluding hydrogens is 280 g/mol. The average molecular weight is 310 g/mol. The van der Waals surface area contributed by atoms with Crippen LogP contribution in [0.25, 0.3) is 0 Å². The average Bonchev–Trinajstić information content (AvgIpc) is 2.45. The Morgan fingerprint density at radius 3 is 1.91 bits per heavy atom. The minimum Gasteiger partial charge on any atom is -0.330 e. The van der Waals surface area contributed by atoms with Crippen molar-refractivity contribution in [2.75, 3.05) is 6.54 Å². The van der Waals surface area contributed by atoms with E-state index in [1.54, 1.807) is 0 Å². The normalized spacial score (nSPS) is 47.5. The molecule has 2 N–H and O–H groups in total. The van der Waals surface area contributed by atoms with Crippen LogP contribution in [-0.4, -0.2) is 17.7 Å². The lowest BCUT2D eigenvalue weighted by atomic mass is 9.34. The Hall–Kier alpha value is -0.840. The Morgan fingerprint density at radius 1 is 1.05 bits per heavy atom. The lowest BCUT2D eigenvalue weighted by Crippen LogP contribution is -2.65. The molecule has 0 spiro atoms. The highest BCUT2D eigenvalue weighted by atomic mass is 17.0. The van der Waals surface area contributed by atoms with Gasteiger partial charge in [-0.25, -0.2) is 0 Å². The van der Waals surface area contributed by atoms with Crippen molar-refractivity contribution in [3.8, 4) is 0 Å². The van der Waals surface area contributed by atoms with Crippen molar-refractivity contribution in [2.45, 2.75) is 78.2 Å². The molecule has 3 atom stereocenters. The van der Waals surface area contributed by atoms with Crippen LogP contribution in [0.2, 0.25) is 0 Å². The predicted octanol–water partition coefficient (Wildman–Crippen LogP) is 3.69. The Labute approximate surface area is 133 Å². The molecule has 0 aromatic heterocycles. The summed E-state index contributed by atoms with van der Waals surface area (Å²) in [4.78, 5) is 16.0. The zero-order valence-electron chi connectivity index (χ0n) is 14.2. The molecule has 0 heterocycles. The third kappa shape index (κ3) is 2.15. The molecule has 4 rings (SSSR count). The van der Waals surface area contributed by atoms with Gasteiger partial charge in [0.15, 0.2) is 0 Å². The molecule has 0 aromatic rings. The predicted molar refractivity (Wildman–Crippen MR) is 84.6 cm³/mol. The summed E-state index contributed by atoms with van der Waals surface area (Å²) in [5.74, 6) is 0. The van der Waals surface area contributed by atoms with Crippen molar-refractivity contribution < 1.29 is 9.92 Å². The number of rotatable bonds is 6. The smallest absolute Gasteiger partial charge is 0.294 e. The van der Waals surface area contributed by atoms with Crippen LogP contribution in [-0.2, 0) is 4.84 Å². The molecule has 22 heavy (non-hydrogen) atoms. The highest BCUT2D eigenvalue weighted by Crippen LogP contribution is 2.76. The lowest BCUT2D eigenvalue weighted by Gasteiger charge is -2.71. The SMILES string of the molecule is CCC12CC3(CC)CC(CN)(C1)CC(C(C)O[N+](=O)[O-])(C2)C3. The zero-order valence-corrected chi connectivity index (χ0v) is 14.2. The van der Waals surface area contributed by atoms with Gasteiger partial charge < -0.3 is 10.6 Å². The minimum atomic E-state index is -0.602. The first kappa shape index (κ1) is 16.0. The molecule has 4 saturated carbocycles.